The number of hydrogen-bond donors (Lipinski definition) is 3. The third kappa shape index (κ3) is 7.16. The maximum absolute atomic E-state index is 10.0. The molecule has 0 atom stereocenters. The summed E-state index contributed by atoms with van der Waals surface area (Å²) in [7, 11) is 0. The van der Waals surface area contributed by atoms with Crippen LogP contribution in [0.1, 0.15) is 40.0 Å². The van der Waals surface area contributed by atoms with Crippen LogP contribution < -0.4 is 5.73 Å². The topological polar surface area (TPSA) is 92.8 Å². The zero-order valence-electron chi connectivity index (χ0n) is 9.62. The van der Waals surface area contributed by atoms with Gasteiger partial charge >= 0.3 is 6.09 Å². The van der Waals surface area contributed by atoms with E-state index < -0.39 is 17.3 Å². The first kappa shape index (κ1) is 14.2. The van der Waals surface area contributed by atoms with Gasteiger partial charge in [-0.25, -0.2) is 4.79 Å². The molecule has 4 N–H and O–H groups in total. The molecular weight excluding hydrogens is 198 g/mol. The highest BCUT2D eigenvalue weighted by atomic mass is 16.6. The summed E-state index contributed by atoms with van der Waals surface area (Å²) in [4.78, 5) is 10.0. The van der Waals surface area contributed by atoms with Crippen molar-refractivity contribution < 1.29 is 19.7 Å². The van der Waals surface area contributed by atoms with Crippen LogP contribution in [0.25, 0.3) is 0 Å². The highest BCUT2D eigenvalue weighted by Crippen LogP contribution is 2.30. The Morgan fingerprint density at radius 3 is 1.93 bits per heavy atom. The van der Waals surface area contributed by atoms with Crippen LogP contribution in [0.4, 0.5) is 4.79 Å². The van der Waals surface area contributed by atoms with Crippen molar-refractivity contribution in [2.75, 3.05) is 6.61 Å². The fourth-order valence-electron chi connectivity index (χ4n) is 1.04. The Hall–Kier alpha value is -0.810. The normalized spacial score (nSPS) is 18.2. The summed E-state index contributed by atoms with van der Waals surface area (Å²) in [5.41, 5.74) is 3.58. The molecule has 15 heavy (non-hydrogen) atoms. The molecular formula is C10H21NO4. The van der Waals surface area contributed by atoms with Crippen LogP contribution in [0.15, 0.2) is 0 Å². The smallest absolute Gasteiger partial charge is 0.405 e. The van der Waals surface area contributed by atoms with Crippen molar-refractivity contribution in [1.82, 2.24) is 0 Å². The van der Waals surface area contributed by atoms with Crippen molar-refractivity contribution in [3.63, 3.8) is 0 Å². The van der Waals surface area contributed by atoms with Gasteiger partial charge in [0, 0.05) is 0 Å². The zero-order chi connectivity index (χ0) is 12.1. The molecule has 0 unspecified atom stereocenters. The van der Waals surface area contributed by atoms with Crippen LogP contribution in [0.3, 0.4) is 0 Å². The van der Waals surface area contributed by atoms with Gasteiger partial charge in [-0.2, -0.15) is 0 Å². The Morgan fingerprint density at radius 1 is 1.47 bits per heavy atom. The Morgan fingerprint density at radius 2 is 1.93 bits per heavy atom. The predicted octanol–water partition coefficient (Wildman–Crippen LogP) is 0.774. The fourth-order valence-corrected chi connectivity index (χ4v) is 1.04. The SMILES string of the molecule is CC(C)(C)OC(N)=O.OCC1(O)CCC1. The van der Waals surface area contributed by atoms with Crippen LogP contribution in [0.2, 0.25) is 0 Å². The highest BCUT2D eigenvalue weighted by Gasteiger charge is 2.32. The van der Waals surface area contributed by atoms with E-state index in [1.165, 1.54) is 0 Å². The predicted molar refractivity (Wildman–Crippen MR) is 56.3 cm³/mol. The van der Waals surface area contributed by atoms with Crippen LogP contribution >= 0.6 is 0 Å². The van der Waals surface area contributed by atoms with E-state index in [2.05, 4.69) is 4.74 Å². The second kappa shape index (κ2) is 5.32. The summed E-state index contributed by atoms with van der Waals surface area (Å²) in [6, 6.07) is 0. The van der Waals surface area contributed by atoms with Gasteiger partial charge in [0.25, 0.3) is 0 Å². The van der Waals surface area contributed by atoms with Gasteiger partial charge in [-0.1, -0.05) is 0 Å². The molecule has 0 aromatic heterocycles. The summed E-state index contributed by atoms with van der Waals surface area (Å²) < 4.78 is 4.58. The van der Waals surface area contributed by atoms with Gasteiger partial charge in [0.2, 0.25) is 0 Å². The minimum atomic E-state index is -0.725. The third-order valence-corrected chi connectivity index (χ3v) is 1.99. The van der Waals surface area contributed by atoms with Gasteiger partial charge < -0.3 is 20.7 Å². The number of amides is 1. The summed E-state index contributed by atoms with van der Waals surface area (Å²) in [5.74, 6) is 0. The van der Waals surface area contributed by atoms with Crippen molar-refractivity contribution in [2.45, 2.75) is 51.2 Å². The number of hydrogen-bond acceptors (Lipinski definition) is 4. The molecule has 1 saturated carbocycles. The largest absolute Gasteiger partial charge is 0.444 e. The van der Waals surface area contributed by atoms with Crippen molar-refractivity contribution in [2.24, 2.45) is 5.73 Å². The lowest BCUT2D eigenvalue weighted by atomic mass is 9.81. The van der Waals surface area contributed by atoms with E-state index in [-0.39, 0.29) is 6.61 Å². The number of aliphatic hydroxyl groups is 2. The lowest BCUT2D eigenvalue weighted by Crippen LogP contribution is -2.40. The molecule has 0 aromatic rings. The standard InChI is InChI=1S/C5H11NO2.C5H10O2/c1-5(2,3)8-4(6)7;6-4-5(7)2-1-3-5/h1-3H3,(H2,6,7);6-7H,1-4H2. The number of rotatable bonds is 1. The van der Waals surface area contributed by atoms with E-state index in [1.807, 2.05) is 0 Å². The lowest BCUT2D eigenvalue weighted by molar-refractivity contribution is -0.0738. The molecule has 0 aliphatic heterocycles. The summed E-state index contributed by atoms with van der Waals surface area (Å²) in [6.45, 7) is 5.22. The summed E-state index contributed by atoms with van der Waals surface area (Å²) in [6.07, 6.45) is 1.90. The zero-order valence-corrected chi connectivity index (χ0v) is 9.62. The second-order valence-corrected chi connectivity index (χ2v) is 4.77. The average Bonchev–Trinajstić information content (AvgIpc) is 1.96. The molecule has 90 valence electrons. The third-order valence-electron chi connectivity index (χ3n) is 1.99. The van der Waals surface area contributed by atoms with Crippen LogP contribution in [0, 0.1) is 0 Å². The molecule has 0 saturated heterocycles. The number of carbonyl (C=O) groups excluding carboxylic acids is 1. The second-order valence-electron chi connectivity index (χ2n) is 4.77. The first-order chi connectivity index (χ1) is 6.68. The van der Waals surface area contributed by atoms with E-state index in [0.717, 1.165) is 19.3 Å². The Labute approximate surface area is 90.2 Å². The quantitative estimate of drug-likeness (QED) is 0.607. The maximum Gasteiger partial charge on any atom is 0.405 e. The minimum Gasteiger partial charge on any atom is -0.444 e. The monoisotopic (exact) mass is 219 g/mol. The first-order valence-corrected chi connectivity index (χ1v) is 5.00. The molecule has 5 nitrogen and oxygen atoms in total. The Balaban J connectivity index is 0.000000262. The summed E-state index contributed by atoms with van der Waals surface area (Å²) >= 11 is 0. The number of carbonyl (C=O) groups is 1. The van der Waals surface area contributed by atoms with Crippen molar-refractivity contribution in [3.8, 4) is 0 Å². The molecule has 0 heterocycles. The van der Waals surface area contributed by atoms with Crippen LogP contribution in [-0.4, -0.2) is 34.1 Å². The van der Waals surface area contributed by atoms with Gasteiger partial charge in [0.15, 0.2) is 0 Å². The van der Waals surface area contributed by atoms with Crippen molar-refractivity contribution in [1.29, 1.82) is 0 Å². The van der Waals surface area contributed by atoms with Crippen molar-refractivity contribution in [3.05, 3.63) is 0 Å². The molecule has 0 aromatic carbocycles. The molecule has 1 aliphatic rings. The number of nitrogens with two attached hydrogens (primary N) is 1. The molecule has 5 heteroatoms. The van der Waals surface area contributed by atoms with E-state index in [1.54, 1.807) is 20.8 Å². The van der Waals surface area contributed by atoms with Crippen molar-refractivity contribution >= 4 is 6.09 Å². The summed E-state index contributed by atoms with van der Waals surface area (Å²) in [5, 5.41) is 17.4. The minimum absolute atomic E-state index is 0.0625. The van der Waals surface area contributed by atoms with E-state index in [4.69, 9.17) is 15.9 Å². The van der Waals surface area contributed by atoms with Gasteiger partial charge in [0.05, 0.1) is 12.2 Å². The highest BCUT2D eigenvalue weighted by molar-refractivity contribution is 5.65. The van der Waals surface area contributed by atoms with Gasteiger partial charge in [-0.3, -0.25) is 0 Å². The molecule has 0 spiro atoms. The molecule has 1 rings (SSSR count). The fraction of sp³-hybridized carbons (Fsp3) is 0.900. The average molecular weight is 219 g/mol. The Bertz CT molecular complexity index is 200. The van der Waals surface area contributed by atoms with Gasteiger partial charge in [-0.15, -0.1) is 0 Å². The number of primary amides is 1. The van der Waals surface area contributed by atoms with Crippen LogP contribution in [0.5, 0.6) is 0 Å². The number of aliphatic hydroxyl groups excluding tert-OH is 1. The molecule has 0 bridgehead atoms. The molecule has 1 fully saturated rings. The molecule has 1 aliphatic carbocycles. The Kier molecular flexibility index (Phi) is 5.03. The van der Waals surface area contributed by atoms with E-state index in [9.17, 15) is 4.79 Å². The van der Waals surface area contributed by atoms with E-state index >= 15 is 0 Å². The van der Waals surface area contributed by atoms with Gasteiger partial charge in [0.1, 0.15) is 5.60 Å². The molecule has 0 radical (unpaired) electrons. The lowest BCUT2D eigenvalue weighted by Gasteiger charge is -2.34. The molecule has 1 amide bonds. The number of ether oxygens (including phenoxy) is 1. The van der Waals surface area contributed by atoms with Gasteiger partial charge in [-0.05, 0) is 40.0 Å². The maximum atomic E-state index is 10.0. The first-order valence-electron chi connectivity index (χ1n) is 5.00. The van der Waals surface area contributed by atoms with E-state index in [0.29, 0.717) is 0 Å². The van der Waals surface area contributed by atoms with Crippen LogP contribution in [-0.2, 0) is 4.74 Å².